The lowest BCUT2D eigenvalue weighted by Gasteiger charge is -2.14. The van der Waals surface area contributed by atoms with Gasteiger partial charge < -0.3 is 10.0 Å². The van der Waals surface area contributed by atoms with E-state index in [2.05, 4.69) is 29.2 Å². The molecule has 0 radical (unpaired) electrons. The van der Waals surface area contributed by atoms with Crippen molar-refractivity contribution in [2.75, 3.05) is 26.7 Å². The fourth-order valence-corrected chi connectivity index (χ4v) is 1.48. The molecule has 0 spiro atoms. The van der Waals surface area contributed by atoms with E-state index in [4.69, 9.17) is 5.11 Å². The SMILES string of the molecule is CN(CCO)CCCc1ccccc1. The van der Waals surface area contributed by atoms with Gasteiger partial charge in [-0.1, -0.05) is 30.3 Å². The fourth-order valence-electron chi connectivity index (χ4n) is 1.48. The van der Waals surface area contributed by atoms with E-state index in [0.717, 1.165) is 25.9 Å². The molecule has 0 fully saturated rings. The smallest absolute Gasteiger partial charge is 0.0558 e. The van der Waals surface area contributed by atoms with Crippen molar-refractivity contribution in [3.63, 3.8) is 0 Å². The van der Waals surface area contributed by atoms with E-state index in [-0.39, 0.29) is 6.61 Å². The summed E-state index contributed by atoms with van der Waals surface area (Å²) in [6.45, 7) is 2.08. The Kier molecular flexibility index (Phi) is 5.27. The number of hydrogen-bond acceptors (Lipinski definition) is 2. The molecule has 78 valence electrons. The van der Waals surface area contributed by atoms with Crippen LogP contribution in [0, 0.1) is 0 Å². The Morgan fingerprint density at radius 1 is 1.14 bits per heavy atom. The summed E-state index contributed by atoms with van der Waals surface area (Å²) in [7, 11) is 2.04. The van der Waals surface area contributed by atoms with Gasteiger partial charge in [-0.05, 0) is 32.0 Å². The highest BCUT2D eigenvalue weighted by Crippen LogP contribution is 2.02. The van der Waals surface area contributed by atoms with Gasteiger partial charge in [-0.2, -0.15) is 0 Å². The van der Waals surface area contributed by atoms with Gasteiger partial charge in [-0.3, -0.25) is 0 Å². The second kappa shape index (κ2) is 6.57. The van der Waals surface area contributed by atoms with Crippen molar-refractivity contribution in [2.24, 2.45) is 0 Å². The zero-order valence-corrected chi connectivity index (χ0v) is 8.82. The minimum absolute atomic E-state index is 0.252. The molecule has 0 saturated carbocycles. The summed E-state index contributed by atoms with van der Waals surface area (Å²) in [6, 6.07) is 10.5. The molecule has 1 aromatic carbocycles. The van der Waals surface area contributed by atoms with Crippen molar-refractivity contribution in [2.45, 2.75) is 12.8 Å². The van der Waals surface area contributed by atoms with E-state index in [1.807, 2.05) is 13.1 Å². The number of aryl methyl sites for hydroxylation is 1. The minimum atomic E-state index is 0.252. The first-order valence-electron chi connectivity index (χ1n) is 5.16. The molecule has 14 heavy (non-hydrogen) atoms. The Labute approximate surface area is 86.2 Å². The second-order valence-electron chi connectivity index (χ2n) is 3.62. The molecule has 0 amide bonds. The van der Waals surface area contributed by atoms with Crippen LogP contribution in [0.2, 0.25) is 0 Å². The number of nitrogens with zero attached hydrogens (tertiary/aromatic N) is 1. The average molecular weight is 193 g/mol. The first kappa shape index (κ1) is 11.2. The predicted octanol–water partition coefficient (Wildman–Crippen LogP) is 1.54. The van der Waals surface area contributed by atoms with Crippen LogP contribution in [0.25, 0.3) is 0 Å². The van der Waals surface area contributed by atoms with Gasteiger partial charge in [0.25, 0.3) is 0 Å². The van der Waals surface area contributed by atoms with Crippen molar-refractivity contribution in [1.29, 1.82) is 0 Å². The van der Waals surface area contributed by atoms with Gasteiger partial charge in [0.2, 0.25) is 0 Å². The Morgan fingerprint density at radius 2 is 1.86 bits per heavy atom. The third-order valence-electron chi connectivity index (χ3n) is 2.33. The molecule has 2 heteroatoms. The Hall–Kier alpha value is -0.860. The summed E-state index contributed by atoms with van der Waals surface area (Å²) in [6.07, 6.45) is 2.27. The van der Waals surface area contributed by atoms with E-state index in [9.17, 15) is 0 Å². The molecular formula is C12H19NO. The first-order chi connectivity index (χ1) is 6.83. The van der Waals surface area contributed by atoms with E-state index in [1.54, 1.807) is 0 Å². The highest BCUT2D eigenvalue weighted by Gasteiger charge is 1.97. The highest BCUT2D eigenvalue weighted by molar-refractivity contribution is 5.14. The predicted molar refractivity (Wildman–Crippen MR) is 59.3 cm³/mol. The van der Waals surface area contributed by atoms with Crippen molar-refractivity contribution >= 4 is 0 Å². The molecule has 0 aromatic heterocycles. The first-order valence-corrected chi connectivity index (χ1v) is 5.16. The molecule has 0 atom stereocenters. The van der Waals surface area contributed by atoms with Crippen LogP contribution >= 0.6 is 0 Å². The molecular weight excluding hydrogens is 174 g/mol. The quantitative estimate of drug-likeness (QED) is 0.741. The molecule has 1 N–H and O–H groups in total. The number of aliphatic hydroxyl groups is 1. The minimum Gasteiger partial charge on any atom is -0.395 e. The van der Waals surface area contributed by atoms with Gasteiger partial charge in [-0.25, -0.2) is 0 Å². The van der Waals surface area contributed by atoms with Gasteiger partial charge in [0.1, 0.15) is 0 Å². The number of benzene rings is 1. The standard InChI is InChI=1S/C12H19NO/c1-13(10-11-14)9-5-8-12-6-3-2-4-7-12/h2-4,6-7,14H,5,8-11H2,1H3. The van der Waals surface area contributed by atoms with Gasteiger partial charge >= 0.3 is 0 Å². The van der Waals surface area contributed by atoms with Crippen LogP contribution in [-0.2, 0) is 6.42 Å². The third kappa shape index (κ3) is 4.40. The average Bonchev–Trinajstić information content (AvgIpc) is 2.20. The number of aliphatic hydroxyl groups excluding tert-OH is 1. The summed E-state index contributed by atoms with van der Waals surface area (Å²) < 4.78 is 0. The van der Waals surface area contributed by atoms with Crippen LogP contribution in [-0.4, -0.2) is 36.8 Å². The largest absolute Gasteiger partial charge is 0.395 e. The Morgan fingerprint density at radius 3 is 2.50 bits per heavy atom. The molecule has 0 unspecified atom stereocenters. The van der Waals surface area contributed by atoms with Crippen molar-refractivity contribution in [1.82, 2.24) is 4.90 Å². The third-order valence-corrected chi connectivity index (χ3v) is 2.33. The molecule has 0 aliphatic rings. The van der Waals surface area contributed by atoms with Crippen LogP contribution in [0.15, 0.2) is 30.3 Å². The maximum absolute atomic E-state index is 8.71. The lowest BCUT2D eigenvalue weighted by Crippen LogP contribution is -2.23. The summed E-state index contributed by atoms with van der Waals surface area (Å²) in [5.74, 6) is 0. The Bertz CT molecular complexity index is 235. The summed E-state index contributed by atoms with van der Waals surface area (Å²) in [4.78, 5) is 2.16. The normalized spacial score (nSPS) is 10.8. The van der Waals surface area contributed by atoms with E-state index in [0.29, 0.717) is 0 Å². The zero-order chi connectivity index (χ0) is 10.2. The lowest BCUT2D eigenvalue weighted by molar-refractivity contribution is 0.220. The number of rotatable bonds is 6. The highest BCUT2D eigenvalue weighted by atomic mass is 16.3. The van der Waals surface area contributed by atoms with Crippen molar-refractivity contribution in [3.05, 3.63) is 35.9 Å². The fraction of sp³-hybridized carbons (Fsp3) is 0.500. The summed E-state index contributed by atoms with van der Waals surface area (Å²) in [5, 5.41) is 8.71. The molecule has 1 rings (SSSR count). The maximum atomic E-state index is 8.71. The van der Waals surface area contributed by atoms with Gasteiger partial charge in [0.15, 0.2) is 0 Å². The number of hydrogen-bond donors (Lipinski definition) is 1. The topological polar surface area (TPSA) is 23.5 Å². The maximum Gasteiger partial charge on any atom is 0.0558 e. The monoisotopic (exact) mass is 193 g/mol. The molecule has 0 heterocycles. The van der Waals surface area contributed by atoms with Crippen LogP contribution < -0.4 is 0 Å². The van der Waals surface area contributed by atoms with E-state index in [1.165, 1.54) is 5.56 Å². The van der Waals surface area contributed by atoms with Crippen LogP contribution in [0.1, 0.15) is 12.0 Å². The van der Waals surface area contributed by atoms with Crippen LogP contribution in [0.3, 0.4) is 0 Å². The van der Waals surface area contributed by atoms with Crippen molar-refractivity contribution < 1.29 is 5.11 Å². The molecule has 0 aliphatic carbocycles. The van der Waals surface area contributed by atoms with Gasteiger partial charge in [-0.15, -0.1) is 0 Å². The molecule has 0 aliphatic heterocycles. The van der Waals surface area contributed by atoms with Crippen LogP contribution in [0.4, 0.5) is 0 Å². The van der Waals surface area contributed by atoms with Crippen LogP contribution in [0.5, 0.6) is 0 Å². The molecule has 1 aromatic rings. The zero-order valence-electron chi connectivity index (χ0n) is 8.82. The summed E-state index contributed by atoms with van der Waals surface area (Å²) in [5.41, 5.74) is 1.39. The van der Waals surface area contributed by atoms with Crippen molar-refractivity contribution in [3.8, 4) is 0 Å². The second-order valence-corrected chi connectivity index (χ2v) is 3.62. The van der Waals surface area contributed by atoms with Gasteiger partial charge in [0, 0.05) is 6.54 Å². The lowest BCUT2D eigenvalue weighted by atomic mass is 10.1. The molecule has 2 nitrogen and oxygen atoms in total. The van der Waals surface area contributed by atoms with E-state index < -0.39 is 0 Å². The van der Waals surface area contributed by atoms with E-state index >= 15 is 0 Å². The molecule has 0 saturated heterocycles. The van der Waals surface area contributed by atoms with Gasteiger partial charge in [0.05, 0.1) is 6.61 Å². The Balaban J connectivity index is 2.16. The summed E-state index contributed by atoms with van der Waals surface area (Å²) >= 11 is 0. The number of likely N-dealkylation sites (N-methyl/N-ethyl adjacent to an activating group) is 1. The molecule has 0 bridgehead atoms.